The van der Waals surface area contributed by atoms with E-state index in [1.54, 1.807) is 29.4 Å². The highest BCUT2D eigenvalue weighted by molar-refractivity contribution is 8.09. The number of likely N-dealkylation sites (tertiary alicyclic amines) is 1. The van der Waals surface area contributed by atoms with Gasteiger partial charge >= 0.3 is 0 Å². The molecule has 2 saturated heterocycles. The molecule has 0 aromatic carbocycles. The largest absolute Gasteiger partial charge is 0.391 e. The summed E-state index contributed by atoms with van der Waals surface area (Å²) in [6, 6.07) is 3.43. The topological polar surface area (TPSA) is 99.7 Å². The average molecular weight is 295 g/mol. The minimum atomic E-state index is -1.08. The molecule has 4 N–H and O–H groups in total. The molecule has 1 amide bonds. The predicted molar refractivity (Wildman–Crippen MR) is 74.7 cm³/mol. The van der Waals surface area contributed by atoms with E-state index in [1.165, 1.54) is 11.8 Å². The maximum absolute atomic E-state index is 12.4. The zero-order valence-electron chi connectivity index (χ0n) is 10.8. The first-order valence-corrected chi connectivity index (χ1v) is 7.42. The van der Waals surface area contributed by atoms with E-state index in [4.69, 9.17) is 5.73 Å². The highest BCUT2D eigenvalue weighted by Crippen LogP contribution is 2.56. The Morgan fingerprint density at radius 1 is 1.55 bits per heavy atom. The van der Waals surface area contributed by atoms with Gasteiger partial charge in [-0.3, -0.25) is 9.78 Å². The number of amides is 1. The molecular weight excluding hydrogens is 278 g/mol. The van der Waals surface area contributed by atoms with Gasteiger partial charge in [-0.1, -0.05) is 0 Å². The number of β-amino-alcohol motifs (C(OH)–C–C–N with tert-alkyl or cyclic N) is 1. The highest BCUT2D eigenvalue weighted by atomic mass is 32.2. The first-order chi connectivity index (χ1) is 9.52. The minimum Gasteiger partial charge on any atom is -0.391 e. The summed E-state index contributed by atoms with van der Waals surface area (Å²) in [5.41, 5.74) is 6.82. The molecule has 0 saturated carbocycles. The van der Waals surface area contributed by atoms with Gasteiger partial charge in [0.25, 0.3) is 5.91 Å². The molecule has 4 atom stereocenters. The molecule has 6 nitrogen and oxygen atoms in total. The van der Waals surface area contributed by atoms with Gasteiger partial charge in [-0.05, 0) is 24.1 Å². The molecular formula is C13H17N3O3S. The second-order valence-corrected chi connectivity index (χ2v) is 6.67. The number of carbonyl (C=O) groups is 1. The lowest BCUT2D eigenvalue weighted by Gasteiger charge is -2.20. The number of hydrogen-bond donors (Lipinski definition) is 3. The molecule has 1 aromatic heterocycles. The number of nitrogens with zero attached hydrogens (tertiary/aromatic N) is 2. The van der Waals surface area contributed by atoms with E-state index in [2.05, 4.69) is 4.98 Å². The Morgan fingerprint density at radius 2 is 2.25 bits per heavy atom. The minimum absolute atomic E-state index is 0.197. The van der Waals surface area contributed by atoms with Crippen molar-refractivity contribution in [2.24, 2.45) is 5.73 Å². The van der Waals surface area contributed by atoms with Crippen LogP contribution in [0, 0.1) is 0 Å². The molecule has 0 spiro atoms. The Hall–Kier alpha value is -1.15. The molecule has 0 bridgehead atoms. The fourth-order valence-electron chi connectivity index (χ4n) is 2.56. The SMILES string of the molecule is N[C@]1(C(=O)N2CC[C@@H](O)C2)SC1[C@H](O)c1ccncc1. The van der Waals surface area contributed by atoms with E-state index in [0.29, 0.717) is 25.1 Å². The summed E-state index contributed by atoms with van der Waals surface area (Å²) in [5, 5.41) is 19.4. The number of aromatic nitrogens is 1. The summed E-state index contributed by atoms with van der Waals surface area (Å²) in [4.78, 5) is 16.8. The van der Waals surface area contributed by atoms with Crippen molar-refractivity contribution >= 4 is 17.7 Å². The second kappa shape index (κ2) is 5.00. The van der Waals surface area contributed by atoms with Gasteiger partial charge in [-0.25, -0.2) is 0 Å². The van der Waals surface area contributed by atoms with Gasteiger partial charge in [-0.2, -0.15) is 0 Å². The molecule has 1 aromatic rings. The van der Waals surface area contributed by atoms with E-state index in [1.807, 2.05) is 0 Å². The second-order valence-electron chi connectivity index (χ2n) is 5.25. The van der Waals surface area contributed by atoms with Crippen LogP contribution in [0.1, 0.15) is 18.1 Å². The van der Waals surface area contributed by atoms with E-state index < -0.39 is 17.1 Å². The first kappa shape index (κ1) is 13.8. The van der Waals surface area contributed by atoms with Crippen LogP contribution in [-0.2, 0) is 4.79 Å². The van der Waals surface area contributed by atoms with E-state index in [-0.39, 0.29) is 11.2 Å². The summed E-state index contributed by atoms with van der Waals surface area (Å²) < 4.78 is 0. The van der Waals surface area contributed by atoms with E-state index >= 15 is 0 Å². The molecule has 0 radical (unpaired) electrons. The van der Waals surface area contributed by atoms with Gasteiger partial charge in [0, 0.05) is 25.5 Å². The van der Waals surface area contributed by atoms with Crippen LogP contribution in [0.5, 0.6) is 0 Å². The zero-order chi connectivity index (χ0) is 14.3. The van der Waals surface area contributed by atoms with Crippen molar-refractivity contribution in [3.63, 3.8) is 0 Å². The molecule has 108 valence electrons. The third-order valence-electron chi connectivity index (χ3n) is 3.81. The number of nitrogens with two attached hydrogens (primary N) is 1. The summed E-state index contributed by atoms with van der Waals surface area (Å²) in [7, 11) is 0. The van der Waals surface area contributed by atoms with Crippen LogP contribution in [0.25, 0.3) is 0 Å². The smallest absolute Gasteiger partial charge is 0.254 e. The zero-order valence-corrected chi connectivity index (χ0v) is 11.7. The number of thioether (sulfide) groups is 1. The van der Waals surface area contributed by atoms with Gasteiger partial charge in [0.15, 0.2) is 4.87 Å². The van der Waals surface area contributed by atoms with Gasteiger partial charge in [0.2, 0.25) is 0 Å². The molecule has 2 aliphatic heterocycles. The monoisotopic (exact) mass is 295 g/mol. The molecule has 2 fully saturated rings. The summed E-state index contributed by atoms with van der Waals surface area (Å²) in [5.74, 6) is -0.197. The van der Waals surface area contributed by atoms with Gasteiger partial charge in [-0.15, -0.1) is 11.8 Å². The first-order valence-electron chi connectivity index (χ1n) is 6.54. The van der Waals surface area contributed by atoms with Crippen molar-refractivity contribution in [2.45, 2.75) is 28.7 Å². The fourth-order valence-corrected chi connectivity index (χ4v) is 3.65. The number of rotatable bonds is 3. The van der Waals surface area contributed by atoms with Crippen molar-refractivity contribution in [2.75, 3.05) is 13.1 Å². The molecule has 3 rings (SSSR count). The van der Waals surface area contributed by atoms with Crippen molar-refractivity contribution in [1.82, 2.24) is 9.88 Å². The van der Waals surface area contributed by atoms with Crippen LogP contribution in [0.15, 0.2) is 24.5 Å². The number of aliphatic hydroxyl groups is 2. The van der Waals surface area contributed by atoms with E-state index in [0.717, 1.165) is 0 Å². The number of carbonyl (C=O) groups excluding carboxylic acids is 1. The lowest BCUT2D eigenvalue weighted by molar-refractivity contribution is -0.132. The molecule has 0 aliphatic carbocycles. The maximum atomic E-state index is 12.4. The van der Waals surface area contributed by atoms with Gasteiger partial charge < -0.3 is 20.8 Å². The van der Waals surface area contributed by atoms with Crippen molar-refractivity contribution in [3.8, 4) is 0 Å². The van der Waals surface area contributed by atoms with Crippen molar-refractivity contribution < 1.29 is 15.0 Å². The predicted octanol–water partition coefficient (Wildman–Crippen LogP) is -0.521. The fraction of sp³-hybridized carbons (Fsp3) is 0.538. The van der Waals surface area contributed by atoms with Crippen LogP contribution in [0.4, 0.5) is 0 Å². The van der Waals surface area contributed by atoms with Crippen LogP contribution >= 0.6 is 11.8 Å². The molecule has 20 heavy (non-hydrogen) atoms. The van der Waals surface area contributed by atoms with Crippen molar-refractivity contribution in [3.05, 3.63) is 30.1 Å². The van der Waals surface area contributed by atoms with Crippen LogP contribution < -0.4 is 5.73 Å². The Labute approximate surface area is 121 Å². The molecule has 2 aliphatic rings. The molecule has 1 unspecified atom stereocenters. The number of hydrogen-bond acceptors (Lipinski definition) is 6. The Kier molecular flexibility index (Phi) is 3.45. The normalized spacial score (nSPS) is 34.0. The summed E-state index contributed by atoms with van der Waals surface area (Å²) >= 11 is 1.27. The molecule has 3 heterocycles. The lowest BCUT2D eigenvalue weighted by Crippen LogP contribution is -2.47. The quantitative estimate of drug-likeness (QED) is 0.649. The Balaban J connectivity index is 1.69. The standard InChI is InChI=1S/C13H17N3O3S/c14-13(12(19)16-6-3-9(17)7-16)11(20-13)10(18)8-1-4-15-5-2-8/h1-2,4-5,9-11,17-18H,3,6-7,14H2/t9-,10-,11?,13+/m1/s1. The summed E-state index contributed by atoms with van der Waals surface area (Å²) in [6.07, 6.45) is 2.54. The maximum Gasteiger partial charge on any atom is 0.254 e. The highest BCUT2D eigenvalue weighted by Gasteiger charge is 2.63. The third-order valence-corrected chi connectivity index (χ3v) is 5.25. The van der Waals surface area contributed by atoms with Gasteiger partial charge in [0.1, 0.15) is 0 Å². The van der Waals surface area contributed by atoms with Crippen LogP contribution in [0.2, 0.25) is 0 Å². The Bertz CT molecular complexity index is 515. The Morgan fingerprint density at radius 3 is 2.85 bits per heavy atom. The number of aliphatic hydroxyl groups excluding tert-OH is 2. The van der Waals surface area contributed by atoms with E-state index in [9.17, 15) is 15.0 Å². The van der Waals surface area contributed by atoms with Gasteiger partial charge in [0.05, 0.1) is 17.5 Å². The lowest BCUT2D eigenvalue weighted by atomic mass is 10.0. The average Bonchev–Trinajstić information content (AvgIpc) is 2.97. The molecule has 7 heteroatoms. The van der Waals surface area contributed by atoms with Crippen molar-refractivity contribution in [1.29, 1.82) is 0 Å². The number of pyridine rings is 1. The van der Waals surface area contributed by atoms with Crippen LogP contribution in [-0.4, -0.2) is 55.3 Å². The van der Waals surface area contributed by atoms with Crippen LogP contribution in [0.3, 0.4) is 0 Å². The third kappa shape index (κ3) is 2.31. The summed E-state index contributed by atoms with van der Waals surface area (Å²) in [6.45, 7) is 0.855.